The molecule has 2 aliphatic carbocycles. The molecule has 0 spiro atoms. The molecule has 12 heavy (non-hydrogen) atoms. The highest BCUT2D eigenvalue weighted by atomic mass is 14.6. The summed E-state index contributed by atoms with van der Waals surface area (Å²) in [5.74, 6) is 4.00. The SMILES string of the molecule is CC1CC2C(C)CC(C)C2(C)C1. The quantitative estimate of drug-likeness (QED) is 0.514. The third kappa shape index (κ3) is 0.963. The van der Waals surface area contributed by atoms with E-state index in [1.807, 2.05) is 0 Å². The third-order valence-corrected chi connectivity index (χ3v) is 4.83. The van der Waals surface area contributed by atoms with E-state index in [1.54, 1.807) is 0 Å². The van der Waals surface area contributed by atoms with Crippen LogP contribution in [0.2, 0.25) is 0 Å². The molecule has 2 fully saturated rings. The van der Waals surface area contributed by atoms with Crippen molar-refractivity contribution in [2.45, 2.75) is 47.0 Å². The van der Waals surface area contributed by atoms with Crippen LogP contribution in [0.5, 0.6) is 0 Å². The normalized spacial score (nSPS) is 59.0. The fourth-order valence-corrected chi connectivity index (χ4v) is 4.13. The summed E-state index contributed by atoms with van der Waals surface area (Å²) in [7, 11) is 0. The van der Waals surface area contributed by atoms with Crippen molar-refractivity contribution < 1.29 is 0 Å². The Morgan fingerprint density at radius 3 is 2.33 bits per heavy atom. The highest BCUT2D eigenvalue weighted by Gasteiger charge is 2.52. The lowest BCUT2D eigenvalue weighted by molar-refractivity contribution is 0.192. The average molecular weight is 166 g/mol. The Kier molecular flexibility index (Phi) is 1.79. The fraction of sp³-hybridized carbons (Fsp3) is 1.00. The molecule has 0 bridgehead atoms. The van der Waals surface area contributed by atoms with E-state index >= 15 is 0 Å². The van der Waals surface area contributed by atoms with E-state index in [0.717, 1.165) is 23.7 Å². The van der Waals surface area contributed by atoms with E-state index in [4.69, 9.17) is 0 Å². The van der Waals surface area contributed by atoms with Gasteiger partial charge in [0.2, 0.25) is 0 Å². The van der Waals surface area contributed by atoms with Crippen molar-refractivity contribution in [1.29, 1.82) is 0 Å². The molecule has 0 aromatic heterocycles. The van der Waals surface area contributed by atoms with Gasteiger partial charge in [0.1, 0.15) is 0 Å². The molecule has 0 aromatic rings. The zero-order valence-electron chi connectivity index (χ0n) is 8.93. The summed E-state index contributed by atoms with van der Waals surface area (Å²) >= 11 is 0. The van der Waals surface area contributed by atoms with Gasteiger partial charge in [-0.1, -0.05) is 27.7 Å². The standard InChI is InChI=1S/C12H22/c1-8-5-11-9(2)6-10(3)12(11,4)7-8/h8-11H,5-7H2,1-4H3. The molecule has 0 aromatic carbocycles. The van der Waals surface area contributed by atoms with Gasteiger partial charge < -0.3 is 0 Å². The summed E-state index contributed by atoms with van der Waals surface area (Å²) in [6, 6.07) is 0. The average Bonchev–Trinajstić information content (AvgIpc) is 2.34. The Morgan fingerprint density at radius 2 is 1.75 bits per heavy atom. The second-order valence-electron chi connectivity index (χ2n) is 5.77. The summed E-state index contributed by atoms with van der Waals surface area (Å²) in [6.45, 7) is 9.90. The molecule has 0 N–H and O–H groups in total. The Hall–Kier alpha value is 0. The minimum Gasteiger partial charge on any atom is -0.0625 e. The first kappa shape index (κ1) is 8.59. The molecule has 0 amide bonds. The Balaban J connectivity index is 2.24. The van der Waals surface area contributed by atoms with Crippen LogP contribution in [0.3, 0.4) is 0 Å². The predicted octanol–water partition coefficient (Wildman–Crippen LogP) is 3.71. The number of rotatable bonds is 0. The summed E-state index contributed by atoms with van der Waals surface area (Å²) in [5.41, 5.74) is 0.707. The van der Waals surface area contributed by atoms with E-state index < -0.39 is 0 Å². The Morgan fingerprint density at radius 1 is 1.08 bits per heavy atom. The highest BCUT2D eigenvalue weighted by Crippen LogP contribution is 2.60. The maximum atomic E-state index is 2.54. The maximum Gasteiger partial charge on any atom is -0.0267 e. The van der Waals surface area contributed by atoms with Gasteiger partial charge in [0.15, 0.2) is 0 Å². The monoisotopic (exact) mass is 166 g/mol. The zero-order valence-corrected chi connectivity index (χ0v) is 8.93. The smallest absolute Gasteiger partial charge is 0.0267 e. The molecule has 5 atom stereocenters. The summed E-state index contributed by atoms with van der Waals surface area (Å²) in [4.78, 5) is 0. The van der Waals surface area contributed by atoms with Gasteiger partial charge in [0.05, 0.1) is 0 Å². The molecule has 0 nitrogen and oxygen atoms in total. The van der Waals surface area contributed by atoms with Crippen LogP contribution in [-0.2, 0) is 0 Å². The van der Waals surface area contributed by atoms with Crippen molar-refractivity contribution >= 4 is 0 Å². The molecule has 0 saturated heterocycles. The topological polar surface area (TPSA) is 0 Å². The molecule has 0 heterocycles. The van der Waals surface area contributed by atoms with E-state index in [2.05, 4.69) is 27.7 Å². The van der Waals surface area contributed by atoms with Crippen LogP contribution in [-0.4, -0.2) is 0 Å². The van der Waals surface area contributed by atoms with Crippen molar-refractivity contribution in [2.24, 2.45) is 29.1 Å². The third-order valence-electron chi connectivity index (χ3n) is 4.83. The number of hydrogen-bond donors (Lipinski definition) is 0. The van der Waals surface area contributed by atoms with E-state index in [9.17, 15) is 0 Å². The number of fused-ring (bicyclic) bond motifs is 1. The van der Waals surface area contributed by atoms with E-state index in [1.165, 1.54) is 19.3 Å². The van der Waals surface area contributed by atoms with Crippen molar-refractivity contribution in [3.63, 3.8) is 0 Å². The van der Waals surface area contributed by atoms with Gasteiger partial charge in [-0.3, -0.25) is 0 Å². The fourth-order valence-electron chi connectivity index (χ4n) is 4.13. The molecular weight excluding hydrogens is 144 g/mol. The van der Waals surface area contributed by atoms with Crippen molar-refractivity contribution in [1.82, 2.24) is 0 Å². The summed E-state index contributed by atoms with van der Waals surface area (Å²) < 4.78 is 0. The van der Waals surface area contributed by atoms with Crippen LogP contribution < -0.4 is 0 Å². The van der Waals surface area contributed by atoms with Crippen LogP contribution in [0.25, 0.3) is 0 Å². The Labute approximate surface area is 76.7 Å². The lowest BCUT2D eigenvalue weighted by Gasteiger charge is -2.29. The van der Waals surface area contributed by atoms with E-state index in [0.29, 0.717) is 5.41 Å². The second kappa shape index (κ2) is 2.49. The molecule has 0 aliphatic heterocycles. The van der Waals surface area contributed by atoms with Gasteiger partial charge in [-0.05, 0) is 48.3 Å². The lowest BCUT2D eigenvalue weighted by Crippen LogP contribution is -2.22. The van der Waals surface area contributed by atoms with Crippen LogP contribution >= 0.6 is 0 Å². The molecule has 0 heteroatoms. The first-order chi connectivity index (χ1) is 5.54. The minimum atomic E-state index is 0.707. The van der Waals surface area contributed by atoms with Gasteiger partial charge >= 0.3 is 0 Å². The minimum absolute atomic E-state index is 0.707. The van der Waals surface area contributed by atoms with Gasteiger partial charge in [-0.15, -0.1) is 0 Å². The molecule has 2 saturated carbocycles. The Bertz CT molecular complexity index is 184. The van der Waals surface area contributed by atoms with Crippen molar-refractivity contribution in [2.75, 3.05) is 0 Å². The van der Waals surface area contributed by atoms with Crippen LogP contribution in [0.15, 0.2) is 0 Å². The molecule has 2 rings (SSSR count). The highest BCUT2D eigenvalue weighted by molar-refractivity contribution is 5.01. The van der Waals surface area contributed by atoms with Crippen LogP contribution in [0.4, 0.5) is 0 Å². The first-order valence-corrected chi connectivity index (χ1v) is 5.54. The van der Waals surface area contributed by atoms with Crippen molar-refractivity contribution in [3.8, 4) is 0 Å². The van der Waals surface area contributed by atoms with Crippen LogP contribution in [0.1, 0.15) is 47.0 Å². The molecule has 70 valence electrons. The maximum absolute atomic E-state index is 2.54. The molecular formula is C12H22. The van der Waals surface area contributed by atoms with Gasteiger partial charge in [0.25, 0.3) is 0 Å². The summed E-state index contributed by atoms with van der Waals surface area (Å²) in [6.07, 6.45) is 4.47. The first-order valence-electron chi connectivity index (χ1n) is 5.54. The van der Waals surface area contributed by atoms with Gasteiger partial charge in [-0.25, -0.2) is 0 Å². The summed E-state index contributed by atoms with van der Waals surface area (Å²) in [5, 5.41) is 0. The lowest BCUT2D eigenvalue weighted by atomic mass is 9.75. The predicted molar refractivity (Wildman–Crippen MR) is 52.9 cm³/mol. The largest absolute Gasteiger partial charge is 0.0625 e. The zero-order chi connectivity index (χ0) is 8.93. The van der Waals surface area contributed by atoms with Crippen LogP contribution in [0, 0.1) is 29.1 Å². The number of hydrogen-bond acceptors (Lipinski definition) is 0. The van der Waals surface area contributed by atoms with Gasteiger partial charge in [-0.2, -0.15) is 0 Å². The second-order valence-corrected chi connectivity index (χ2v) is 5.77. The molecule has 2 aliphatic rings. The van der Waals surface area contributed by atoms with E-state index in [-0.39, 0.29) is 0 Å². The van der Waals surface area contributed by atoms with Gasteiger partial charge in [0, 0.05) is 0 Å². The molecule has 5 unspecified atom stereocenters. The van der Waals surface area contributed by atoms with Crippen molar-refractivity contribution in [3.05, 3.63) is 0 Å². The molecule has 0 radical (unpaired) electrons.